The molecule has 0 saturated carbocycles. The molecule has 4 heteroatoms. The van der Waals surface area contributed by atoms with Crippen LogP contribution >= 0.6 is 0 Å². The second-order valence-electron chi connectivity index (χ2n) is 5.97. The fourth-order valence-corrected chi connectivity index (χ4v) is 5.81. The molecule has 0 aliphatic carbocycles. The van der Waals surface area contributed by atoms with Crippen molar-refractivity contribution >= 4 is 16.6 Å². The number of para-hydroxylation sites is 1. The SMILES string of the molecule is CCOc1ccccc1C(=O)C1CC2CCCC(C1)S2=O. The van der Waals surface area contributed by atoms with Crippen LogP contribution in [-0.4, -0.2) is 27.1 Å². The van der Waals surface area contributed by atoms with Crippen molar-refractivity contribution in [1.29, 1.82) is 0 Å². The highest BCUT2D eigenvalue weighted by Crippen LogP contribution is 2.39. The zero-order valence-electron chi connectivity index (χ0n) is 12.4. The van der Waals surface area contributed by atoms with Gasteiger partial charge in [0.1, 0.15) is 5.75 Å². The van der Waals surface area contributed by atoms with E-state index in [0.717, 1.165) is 32.1 Å². The lowest BCUT2D eigenvalue weighted by molar-refractivity contribution is 0.0891. The van der Waals surface area contributed by atoms with E-state index in [1.807, 2.05) is 31.2 Å². The van der Waals surface area contributed by atoms with Crippen LogP contribution in [0.15, 0.2) is 24.3 Å². The van der Waals surface area contributed by atoms with Crippen molar-refractivity contribution in [3.05, 3.63) is 29.8 Å². The van der Waals surface area contributed by atoms with Crippen LogP contribution in [0.2, 0.25) is 0 Å². The maximum absolute atomic E-state index is 12.9. The molecule has 3 nitrogen and oxygen atoms in total. The van der Waals surface area contributed by atoms with Gasteiger partial charge in [-0.1, -0.05) is 18.6 Å². The topological polar surface area (TPSA) is 43.4 Å². The van der Waals surface area contributed by atoms with Crippen molar-refractivity contribution in [2.75, 3.05) is 6.61 Å². The highest BCUT2D eigenvalue weighted by atomic mass is 32.2. The van der Waals surface area contributed by atoms with Crippen LogP contribution in [0, 0.1) is 5.92 Å². The van der Waals surface area contributed by atoms with E-state index in [1.165, 1.54) is 0 Å². The molecule has 1 aromatic carbocycles. The Balaban J connectivity index is 1.81. The van der Waals surface area contributed by atoms with Crippen molar-refractivity contribution in [1.82, 2.24) is 0 Å². The molecule has 2 heterocycles. The molecule has 2 aliphatic rings. The first-order chi connectivity index (χ1) is 10.2. The number of benzene rings is 1. The molecule has 21 heavy (non-hydrogen) atoms. The molecule has 0 amide bonds. The molecule has 0 N–H and O–H groups in total. The summed E-state index contributed by atoms with van der Waals surface area (Å²) in [5, 5.41) is 0.455. The Morgan fingerprint density at radius 1 is 1.24 bits per heavy atom. The second-order valence-corrected chi connectivity index (χ2v) is 7.96. The zero-order chi connectivity index (χ0) is 14.8. The average Bonchev–Trinajstić information content (AvgIpc) is 2.47. The maximum Gasteiger partial charge on any atom is 0.169 e. The summed E-state index contributed by atoms with van der Waals surface area (Å²) in [6.45, 7) is 2.49. The summed E-state index contributed by atoms with van der Waals surface area (Å²) >= 11 is 0. The first-order valence-corrected chi connectivity index (χ1v) is 9.13. The first kappa shape index (κ1) is 14.8. The maximum atomic E-state index is 12.9. The van der Waals surface area contributed by atoms with Gasteiger partial charge in [0, 0.05) is 27.2 Å². The summed E-state index contributed by atoms with van der Waals surface area (Å²) in [6.07, 6.45) is 4.75. The minimum Gasteiger partial charge on any atom is -0.493 e. The van der Waals surface area contributed by atoms with Gasteiger partial charge in [0.15, 0.2) is 5.78 Å². The molecule has 1 aromatic rings. The van der Waals surface area contributed by atoms with E-state index in [0.29, 0.717) is 17.9 Å². The minimum absolute atomic E-state index is 0.0135. The number of fused-ring (bicyclic) bond motifs is 2. The summed E-state index contributed by atoms with van der Waals surface area (Å²) in [7, 11) is -0.722. The van der Waals surface area contributed by atoms with Crippen molar-refractivity contribution in [2.24, 2.45) is 5.92 Å². The molecule has 2 fully saturated rings. The molecular weight excluding hydrogens is 284 g/mol. The van der Waals surface area contributed by atoms with Crippen LogP contribution in [0.1, 0.15) is 49.4 Å². The van der Waals surface area contributed by atoms with Gasteiger partial charge in [0.25, 0.3) is 0 Å². The van der Waals surface area contributed by atoms with Gasteiger partial charge >= 0.3 is 0 Å². The van der Waals surface area contributed by atoms with E-state index in [9.17, 15) is 9.00 Å². The molecule has 2 bridgehead atoms. The lowest BCUT2D eigenvalue weighted by Gasteiger charge is -2.37. The van der Waals surface area contributed by atoms with Gasteiger partial charge in [-0.25, -0.2) is 0 Å². The van der Waals surface area contributed by atoms with Gasteiger partial charge in [-0.05, 0) is 44.7 Å². The Labute approximate surface area is 128 Å². The predicted octanol–water partition coefficient (Wildman–Crippen LogP) is 3.35. The second kappa shape index (κ2) is 6.30. The molecule has 0 spiro atoms. The highest BCUT2D eigenvalue weighted by Gasteiger charge is 2.40. The Morgan fingerprint density at radius 2 is 1.90 bits per heavy atom. The van der Waals surface area contributed by atoms with E-state index in [4.69, 9.17) is 4.74 Å². The number of hydrogen-bond donors (Lipinski definition) is 0. The van der Waals surface area contributed by atoms with Gasteiger partial charge in [-0.2, -0.15) is 0 Å². The first-order valence-electron chi connectivity index (χ1n) is 7.86. The Bertz CT molecular complexity index is 539. The zero-order valence-corrected chi connectivity index (χ0v) is 13.2. The van der Waals surface area contributed by atoms with Gasteiger partial charge in [0.2, 0.25) is 0 Å². The number of carbonyl (C=O) groups is 1. The van der Waals surface area contributed by atoms with E-state index >= 15 is 0 Å². The number of ether oxygens (including phenoxy) is 1. The molecule has 0 aromatic heterocycles. The molecule has 2 atom stereocenters. The summed E-state index contributed by atoms with van der Waals surface area (Å²) in [5.74, 6) is 0.870. The molecule has 0 radical (unpaired) electrons. The van der Waals surface area contributed by atoms with E-state index in [2.05, 4.69) is 0 Å². The third-order valence-corrected chi connectivity index (χ3v) is 6.80. The van der Waals surface area contributed by atoms with Crippen LogP contribution in [0.25, 0.3) is 0 Å². The number of carbonyl (C=O) groups excluding carboxylic acids is 1. The quantitative estimate of drug-likeness (QED) is 0.801. The fraction of sp³-hybridized carbons (Fsp3) is 0.588. The monoisotopic (exact) mass is 306 g/mol. The standard InChI is InChI=1S/C17H22O3S/c1-2-20-16-9-4-3-8-15(16)17(18)12-10-13-6-5-7-14(11-12)21(13)19/h3-4,8-9,12-14H,2,5-7,10-11H2,1H3. The third kappa shape index (κ3) is 2.91. The van der Waals surface area contributed by atoms with Gasteiger partial charge in [-0.3, -0.25) is 9.00 Å². The molecule has 2 unspecified atom stereocenters. The molecule has 2 saturated heterocycles. The van der Waals surface area contributed by atoms with Gasteiger partial charge in [0.05, 0.1) is 12.2 Å². The van der Waals surface area contributed by atoms with E-state index in [1.54, 1.807) is 0 Å². The van der Waals surface area contributed by atoms with Crippen LogP contribution < -0.4 is 4.74 Å². The fourth-order valence-electron chi connectivity index (χ4n) is 3.62. The minimum atomic E-state index is -0.722. The summed E-state index contributed by atoms with van der Waals surface area (Å²) in [6, 6.07) is 7.50. The molecular formula is C17H22O3S. The van der Waals surface area contributed by atoms with Crippen LogP contribution in [-0.2, 0) is 10.8 Å². The number of ketones is 1. The van der Waals surface area contributed by atoms with Crippen LogP contribution in [0.5, 0.6) is 5.75 Å². The smallest absolute Gasteiger partial charge is 0.169 e. The average molecular weight is 306 g/mol. The highest BCUT2D eigenvalue weighted by molar-refractivity contribution is 7.86. The van der Waals surface area contributed by atoms with E-state index in [-0.39, 0.29) is 22.2 Å². The summed E-state index contributed by atoms with van der Waals surface area (Å²) < 4.78 is 17.8. The van der Waals surface area contributed by atoms with Crippen molar-refractivity contribution in [3.8, 4) is 5.75 Å². The third-order valence-electron chi connectivity index (χ3n) is 4.63. The van der Waals surface area contributed by atoms with Crippen molar-refractivity contribution in [2.45, 2.75) is 49.5 Å². The van der Waals surface area contributed by atoms with Crippen LogP contribution in [0.4, 0.5) is 0 Å². The molecule has 3 rings (SSSR count). The van der Waals surface area contributed by atoms with Crippen molar-refractivity contribution < 1.29 is 13.7 Å². The lowest BCUT2D eigenvalue weighted by atomic mass is 9.84. The predicted molar refractivity (Wildman–Crippen MR) is 84.2 cm³/mol. The normalized spacial score (nSPS) is 31.7. The number of hydrogen-bond acceptors (Lipinski definition) is 3. The molecule has 2 aliphatic heterocycles. The van der Waals surface area contributed by atoms with E-state index < -0.39 is 10.8 Å². The van der Waals surface area contributed by atoms with Gasteiger partial charge in [-0.15, -0.1) is 0 Å². The Morgan fingerprint density at radius 3 is 2.57 bits per heavy atom. The molecule has 114 valence electrons. The van der Waals surface area contributed by atoms with Crippen molar-refractivity contribution in [3.63, 3.8) is 0 Å². The number of rotatable bonds is 4. The summed E-state index contributed by atoms with van der Waals surface area (Å²) in [4.78, 5) is 12.9. The summed E-state index contributed by atoms with van der Waals surface area (Å²) in [5.41, 5.74) is 0.690. The Hall–Kier alpha value is -1.16. The van der Waals surface area contributed by atoms with Crippen LogP contribution in [0.3, 0.4) is 0 Å². The largest absolute Gasteiger partial charge is 0.493 e. The lowest BCUT2D eigenvalue weighted by Crippen LogP contribution is -2.41. The Kier molecular flexibility index (Phi) is 4.43. The van der Waals surface area contributed by atoms with Gasteiger partial charge < -0.3 is 4.74 Å². The number of Topliss-reactive ketones (excluding diaryl/α,β-unsaturated/α-hetero) is 1.